The number of benzene rings is 2. The third-order valence-corrected chi connectivity index (χ3v) is 7.09. The van der Waals surface area contributed by atoms with Gasteiger partial charge < -0.3 is 5.32 Å². The molecule has 1 aliphatic rings. The largest absolute Gasteiger partial charge is 0.325 e. The van der Waals surface area contributed by atoms with Gasteiger partial charge in [-0.3, -0.25) is 9.69 Å². The Morgan fingerprint density at radius 2 is 1.83 bits per heavy atom. The Labute approximate surface area is 173 Å². The van der Waals surface area contributed by atoms with E-state index in [2.05, 4.69) is 5.32 Å². The van der Waals surface area contributed by atoms with E-state index in [1.54, 1.807) is 25.1 Å². The molecule has 1 aliphatic heterocycles. The fourth-order valence-corrected chi connectivity index (χ4v) is 4.73. The molecule has 0 aromatic heterocycles. The lowest BCUT2D eigenvalue weighted by atomic mass is 10.2. The van der Waals surface area contributed by atoms with Crippen LogP contribution in [0.5, 0.6) is 0 Å². The average Bonchev–Trinajstić information content (AvgIpc) is 2.65. The van der Waals surface area contributed by atoms with Gasteiger partial charge in [0.25, 0.3) is 0 Å². The van der Waals surface area contributed by atoms with Gasteiger partial charge >= 0.3 is 0 Å². The second-order valence-electron chi connectivity index (χ2n) is 6.72. The van der Waals surface area contributed by atoms with Crippen LogP contribution in [-0.2, 0) is 14.8 Å². The van der Waals surface area contributed by atoms with Gasteiger partial charge in [-0.1, -0.05) is 17.7 Å². The average molecular weight is 444 g/mol. The normalized spacial score (nSPS) is 16.0. The van der Waals surface area contributed by atoms with Gasteiger partial charge in [0.15, 0.2) is 0 Å². The number of anilines is 1. The highest BCUT2D eigenvalue weighted by atomic mass is 35.5. The summed E-state index contributed by atoms with van der Waals surface area (Å²) in [5, 5.41) is 3.35. The second kappa shape index (κ2) is 8.74. The molecule has 6 nitrogen and oxygen atoms in total. The Morgan fingerprint density at radius 1 is 1.14 bits per heavy atom. The summed E-state index contributed by atoms with van der Waals surface area (Å²) in [4.78, 5) is 13.6. The lowest BCUT2D eigenvalue weighted by molar-refractivity contribution is -0.117. The first-order chi connectivity index (χ1) is 13.7. The van der Waals surface area contributed by atoms with Gasteiger partial charge in [-0.15, -0.1) is 0 Å². The highest BCUT2D eigenvalue weighted by Crippen LogP contribution is 2.23. The first-order valence-electron chi connectivity index (χ1n) is 8.91. The molecule has 156 valence electrons. The number of halogens is 3. The molecule has 0 aliphatic carbocycles. The molecule has 1 heterocycles. The SMILES string of the molecule is Cc1c(Cl)cccc1NC(=O)CN1CCN(S(=O)(=O)c2ccc(F)cc2F)CC1. The van der Waals surface area contributed by atoms with Crippen molar-refractivity contribution in [3.05, 3.63) is 58.6 Å². The minimum absolute atomic E-state index is 0.0880. The van der Waals surface area contributed by atoms with Crippen molar-refractivity contribution in [2.75, 3.05) is 38.0 Å². The summed E-state index contributed by atoms with van der Waals surface area (Å²) in [6, 6.07) is 7.60. The maximum atomic E-state index is 13.9. The van der Waals surface area contributed by atoms with E-state index >= 15 is 0 Å². The molecule has 1 saturated heterocycles. The van der Waals surface area contributed by atoms with Crippen molar-refractivity contribution < 1.29 is 22.0 Å². The number of sulfonamides is 1. The molecule has 1 amide bonds. The molecule has 1 fully saturated rings. The lowest BCUT2D eigenvalue weighted by Crippen LogP contribution is -2.50. The van der Waals surface area contributed by atoms with Crippen LogP contribution in [0.3, 0.4) is 0 Å². The second-order valence-corrected chi connectivity index (χ2v) is 9.03. The molecular weight excluding hydrogens is 424 g/mol. The van der Waals surface area contributed by atoms with Crippen molar-refractivity contribution >= 4 is 33.2 Å². The number of piperazine rings is 1. The Kier molecular flexibility index (Phi) is 6.52. The van der Waals surface area contributed by atoms with Crippen LogP contribution in [0, 0.1) is 18.6 Å². The zero-order valence-corrected chi connectivity index (χ0v) is 17.2. The van der Waals surface area contributed by atoms with Crippen molar-refractivity contribution in [1.82, 2.24) is 9.21 Å². The predicted octanol–water partition coefficient (Wildman–Crippen LogP) is 2.87. The maximum absolute atomic E-state index is 13.9. The highest BCUT2D eigenvalue weighted by Gasteiger charge is 2.31. The van der Waals surface area contributed by atoms with Gasteiger partial charge in [0.05, 0.1) is 6.54 Å². The molecule has 1 N–H and O–H groups in total. The number of hydrogen-bond donors (Lipinski definition) is 1. The molecule has 3 rings (SSSR count). The molecule has 0 atom stereocenters. The van der Waals surface area contributed by atoms with E-state index in [1.807, 2.05) is 4.90 Å². The molecular formula is C19H20ClF2N3O3S. The molecule has 10 heteroatoms. The summed E-state index contributed by atoms with van der Waals surface area (Å²) < 4.78 is 53.3. The van der Waals surface area contributed by atoms with Crippen LogP contribution >= 0.6 is 11.6 Å². The molecule has 29 heavy (non-hydrogen) atoms. The van der Waals surface area contributed by atoms with Crippen molar-refractivity contribution in [2.45, 2.75) is 11.8 Å². The van der Waals surface area contributed by atoms with Crippen LogP contribution in [0.25, 0.3) is 0 Å². The Balaban J connectivity index is 1.59. The molecule has 0 unspecified atom stereocenters. The molecule has 0 saturated carbocycles. The van der Waals surface area contributed by atoms with Crippen LogP contribution in [0.15, 0.2) is 41.3 Å². The molecule has 2 aromatic rings. The number of nitrogens with zero attached hydrogens (tertiary/aromatic N) is 2. The van der Waals surface area contributed by atoms with E-state index in [9.17, 15) is 22.0 Å². The first kappa shape index (κ1) is 21.6. The quantitative estimate of drug-likeness (QED) is 0.771. The third-order valence-electron chi connectivity index (χ3n) is 4.75. The summed E-state index contributed by atoms with van der Waals surface area (Å²) in [7, 11) is -4.07. The van der Waals surface area contributed by atoms with Crippen molar-refractivity contribution in [2.24, 2.45) is 0 Å². The highest BCUT2D eigenvalue weighted by molar-refractivity contribution is 7.89. The Bertz CT molecular complexity index is 1030. The van der Waals surface area contributed by atoms with Gasteiger partial charge in [0.1, 0.15) is 16.5 Å². The zero-order valence-electron chi connectivity index (χ0n) is 15.7. The van der Waals surface area contributed by atoms with Crippen LogP contribution in [0.1, 0.15) is 5.56 Å². The molecule has 0 radical (unpaired) electrons. The van der Waals surface area contributed by atoms with Gasteiger partial charge in [-0.05, 0) is 36.8 Å². The summed E-state index contributed by atoms with van der Waals surface area (Å²) >= 11 is 6.05. The van der Waals surface area contributed by atoms with Crippen LogP contribution in [0.2, 0.25) is 5.02 Å². The first-order valence-corrected chi connectivity index (χ1v) is 10.7. The molecule has 0 spiro atoms. The van der Waals surface area contributed by atoms with E-state index < -0.39 is 26.6 Å². The smallest absolute Gasteiger partial charge is 0.246 e. The number of carbonyl (C=O) groups excluding carboxylic acids is 1. The van der Waals surface area contributed by atoms with E-state index in [4.69, 9.17) is 11.6 Å². The summed E-state index contributed by atoms with van der Waals surface area (Å²) in [6.45, 7) is 2.71. The van der Waals surface area contributed by atoms with E-state index in [1.165, 1.54) is 0 Å². The number of hydrogen-bond acceptors (Lipinski definition) is 4. The summed E-state index contributed by atoms with van der Waals surface area (Å²) in [5.41, 5.74) is 1.38. The fourth-order valence-electron chi connectivity index (χ4n) is 3.09. The third kappa shape index (κ3) is 4.92. The monoisotopic (exact) mass is 443 g/mol. The maximum Gasteiger partial charge on any atom is 0.246 e. The molecule has 0 bridgehead atoms. The number of amides is 1. The Hall–Kier alpha value is -2.07. The van der Waals surface area contributed by atoms with Gasteiger partial charge in [-0.2, -0.15) is 4.31 Å². The van der Waals surface area contributed by atoms with Crippen LogP contribution < -0.4 is 5.32 Å². The fraction of sp³-hybridized carbons (Fsp3) is 0.316. The van der Waals surface area contributed by atoms with Crippen LogP contribution in [-0.4, -0.2) is 56.3 Å². The lowest BCUT2D eigenvalue weighted by Gasteiger charge is -2.33. The van der Waals surface area contributed by atoms with E-state index in [-0.39, 0.29) is 25.5 Å². The van der Waals surface area contributed by atoms with Gasteiger partial charge in [0.2, 0.25) is 15.9 Å². The van der Waals surface area contributed by atoms with Gasteiger partial charge in [0, 0.05) is 43.0 Å². The van der Waals surface area contributed by atoms with E-state index in [0.717, 1.165) is 22.0 Å². The number of rotatable bonds is 5. The predicted molar refractivity (Wildman–Crippen MR) is 106 cm³/mol. The van der Waals surface area contributed by atoms with Crippen LogP contribution in [0.4, 0.5) is 14.5 Å². The number of nitrogens with one attached hydrogen (secondary N) is 1. The topological polar surface area (TPSA) is 69.7 Å². The minimum Gasteiger partial charge on any atom is -0.325 e. The Morgan fingerprint density at radius 3 is 2.48 bits per heavy atom. The standard InChI is InChI=1S/C19H20ClF2N3O3S/c1-13-15(20)3-2-4-17(13)23-19(26)12-24-7-9-25(10-8-24)29(27,28)18-6-5-14(21)11-16(18)22/h2-6,11H,7-10,12H2,1H3,(H,23,26). The molecule has 2 aromatic carbocycles. The van der Waals surface area contributed by atoms with Crippen molar-refractivity contribution in [3.8, 4) is 0 Å². The summed E-state index contributed by atoms with van der Waals surface area (Å²) in [6.07, 6.45) is 0. The minimum atomic E-state index is -4.07. The van der Waals surface area contributed by atoms with Gasteiger partial charge in [-0.25, -0.2) is 17.2 Å². The van der Waals surface area contributed by atoms with Crippen molar-refractivity contribution in [3.63, 3.8) is 0 Å². The van der Waals surface area contributed by atoms with Crippen molar-refractivity contribution in [1.29, 1.82) is 0 Å². The van der Waals surface area contributed by atoms with E-state index in [0.29, 0.717) is 29.9 Å². The zero-order chi connectivity index (χ0) is 21.2. The summed E-state index contributed by atoms with van der Waals surface area (Å²) in [5.74, 6) is -2.20. The number of carbonyl (C=O) groups is 1.